The van der Waals surface area contributed by atoms with E-state index in [4.69, 9.17) is 5.73 Å². The van der Waals surface area contributed by atoms with Crippen LogP contribution in [0.3, 0.4) is 0 Å². The first-order valence-electron chi connectivity index (χ1n) is 5.21. The normalized spacial score (nSPS) is 27.4. The monoisotopic (exact) mass is 199 g/mol. The van der Waals surface area contributed by atoms with Gasteiger partial charge in [-0.25, -0.2) is 4.79 Å². The first-order valence-corrected chi connectivity index (χ1v) is 5.21. The summed E-state index contributed by atoms with van der Waals surface area (Å²) in [5.74, 6) is 0. The molecule has 4 N–H and O–H groups in total. The van der Waals surface area contributed by atoms with Gasteiger partial charge in [-0.2, -0.15) is 0 Å². The standard InChI is InChI=1S/C10H21N3O/c1-10(2,3)13-9(14)12-8-5-4-7(11)6-8/h7-8H,4-6,11H2,1-3H3,(H2,12,13,14)/t7-,8+/m0/s1. The molecule has 1 fully saturated rings. The molecule has 0 aliphatic heterocycles. The van der Waals surface area contributed by atoms with Crippen molar-refractivity contribution in [3.05, 3.63) is 0 Å². The van der Waals surface area contributed by atoms with Crippen LogP contribution in [-0.2, 0) is 0 Å². The maximum absolute atomic E-state index is 11.5. The van der Waals surface area contributed by atoms with E-state index in [0.29, 0.717) is 0 Å². The summed E-state index contributed by atoms with van der Waals surface area (Å²) in [5.41, 5.74) is 5.58. The summed E-state index contributed by atoms with van der Waals surface area (Å²) in [7, 11) is 0. The molecule has 1 aliphatic carbocycles. The van der Waals surface area contributed by atoms with Crippen molar-refractivity contribution in [2.45, 2.75) is 57.7 Å². The van der Waals surface area contributed by atoms with Crippen LogP contribution in [0.1, 0.15) is 40.0 Å². The molecule has 0 heterocycles. The van der Waals surface area contributed by atoms with Gasteiger partial charge < -0.3 is 16.4 Å². The number of rotatable bonds is 1. The highest BCUT2D eigenvalue weighted by atomic mass is 16.2. The lowest BCUT2D eigenvalue weighted by atomic mass is 10.1. The smallest absolute Gasteiger partial charge is 0.315 e. The molecule has 4 nitrogen and oxygen atoms in total. The molecule has 0 bridgehead atoms. The zero-order chi connectivity index (χ0) is 10.8. The summed E-state index contributed by atoms with van der Waals surface area (Å²) in [6.07, 6.45) is 2.91. The average molecular weight is 199 g/mol. The van der Waals surface area contributed by atoms with Crippen molar-refractivity contribution in [1.29, 1.82) is 0 Å². The zero-order valence-electron chi connectivity index (χ0n) is 9.26. The number of hydrogen-bond donors (Lipinski definition) is 3. The molecule has 0 saturated heterocycles. The number of urea groups is 1. The van der Waals surface area contributed by atoms with E-state index in [1.54, 1.807) is 0 Å². The molecular weight excluding hydrogens is 178 g/mol. The molecule has 14 heavy (non-hydrogen) atoms. The van der Waals surface area contributed by atoms with Gasteiger partial charge in [0, 0.05) is 17.6 Å². The lowest BCUT2D eigenvalue weighted by molar-refractivity contribution is 0.228. The van der Waals surface area contributed by atoms with Crippen LogP contribution in [-0.4, -0.2) is 23.7 Å². The molecule has 1 aliphatic rings. The highest BCUT2D eigenvalue weighted by Crippen LogP contribution is 2.16. The molecular formula is C10H21N3O. The van der Waals surface area contributed by atoms with Gasteiger partial charge in [-0.05, 0) is 40.0 Å². The van der Waals surface area contributed by atoms with Gasteiger partial charge in [0.05, 0.1) is 0 Å². The third-order valence-corrected chi connectivity index (χ3v) is 2.30. The molecule has 0 aromatic carbocycles. The number of carbonyl (C=O) groups excluding carboxylic acids is 1. The van der Waals surface area contributed by atoms with Crippen molar-refractivity contribution in [3.63, 3.8) is 0 Å². The molecule has 0 aromatic rings. The predicted molar refractivity (Wildman–Crippen MR) is 57.0 cm³/mol. The summed E-state index contributed by atoms with van der Waals surface area (Å²) in [6.45, 7) is 5.90. The van der Waals surface area contributed by atoms with Crippen molar-refractivity contribution in [1.82, 2.24) is 10.6 Å². The fourth-order valence-corrected chi connectivity index (χ4v) is 1.71. The van der Waals surface area contributed by atoms with Gasteiger partial charge in [-0.15, -0.1) is 0 Å². The largest absolute Gasteiger partial charge is 0.335 e. The number of nitrogens with one attached hydrogen (secondary N) is 2. The van der Waals surface area contributed by atoms with Crippen LogP contribution < -0.4 is 16.4 Å². The van der Waals surface area contributed by atoms with Crippen LogP contribution in [0.2, 0.25) is 0 Å². The van der Waals surface area contributed by atoms with Gasteiger partial charge in [0.25, 0.3) is 0 Å². The van der Waals surface area contributed by atoms with Crippen molar-refractivity contribution in [2.24, 2.45) is 5.73 Å². The summed E-state index contributed by atoms with van der Waals surface area (Å²) in [4.78, 5) is 11.5. The Morgan fingerprint density at radius 3 is 2.43 bits per heavy atom. The molecule has 2 amide bonds. The quantitative estimate of drug-likeness (QED) is 0.589. The predicted octanol–water partition coefficient (Wildman–Crippen LogP) is 0.964. The molecule has 1 saturated carbocycles. The lowest BCUT2D eigenvalue weighted by Crippen LogP contribution is -2.49. The molecule has 82 valence electrons. The Labute approximate surface area is 85.6 Å². The highest BCUT2D eigenvalue weighted by Gasteiger charge is 2.24. The third kappa shape index (κ3) is 3.96. The van der Waals surface area contributed by atoms with Crippen molar-refractivity contribution >= 4 is 6.03 Å². The number of carbonyl (C=O) groups is 1. The van der Waals surface area contributed by atoms with Crippen LogP contribution in [0.5, 0.6) is 0 Å². The maximum atomic E-state index is 11.5. The van der Waals surface area contributed by atoms with Crippen molar-refractivity contribution in [3.8, 4) is 0 Å². The van der Waals surface area contributed by atoms with E-state index in [0.717, 1.165) is 19.3 Å². The Balaban J connectivity index is 2.27. The van der Waals surface area contributed by atoms with Crippen LogP contribution in [0, 0.1) is 0 Å². The number of hydrogen-bond acceptors (Lipinski definition) is 2. The molecule has 1 rings (SSSR count). The summed E-state index contributed by atoms with van der Waals surface area (Å²) in [6, 6.07) is 0.430. The topological polar surface area (TPSA) is 67.2 Å². The Morgan fingerprint density at radius 1 is 1.36 bits per heavy atom. The second-order valence-corrected chi connectivity index (χ2v) is 5.12. The zero-order valence-corrected chi connectivity index (χ0v) is 9.26. The Bertz CT molecular complexity index is 210. The van der Waals surface area contributed by atoms with E-state index < -0.39 is 0 Å². The average Bonchev–Trinajstić information content (AvgIpc) is 2.30. The van der Waals surface area contributed by atoms with Crippen molar-refractivity contribution < 1.29 is 4.79 Å². The molecule has 0 spiro atoms. The van der Waals surface area contributed by atoms with Gasteiger partial charge in [-0.1, -0.05) is 0 Å². The fourth-order valence-electron chi connectivity index (χ4n) is 1.71. The van der Waals surface area contributed by atoms with Gasteiger partial charge in [0.2, 0.25) is 0 Å². The number of nitrogens with two attached hydrogens (primary N) is 1. The van der Waals surface area contributed by atoms with Gasteiger partial charge in [0.1, 0.15) is 0 Å². The van der Waals surface area contributed by atoms with E-state index in [-0.39, 0.29) is 23.7 Å². The second-order valence-electron chi connectivity index (χ2n) is 5.12. The Hall–Kier alpha value is -0.770. The fraction of sp³-hybridized carbons (Fsp3) is 0.900. The molecule has 2 atom stereocenters. The molecule has 0 aromatic heterocycles. The molecule has 0 unspecified atom stereocenters. The van der Waals surface area contributed by atoms with Crippen molar-refractivity contribution in [2.75, 3.05) is 0 Å². The summed E-state index contributed by atoms with van der Waals surface area (Å²) in [5, 5.41) is 5.81. The minimum Gasteiger partial charge on any atom is -0.335 e. The van der Waals surface area contributed by atoms with E-state index in [2.05, 4.69) is 10.6 Å². The number of amides is 2. The van der Waals surface area contributed by atoms with E-state index in [1.165, 1.54) is 0 Å². The van der Waals surface area contributed by atoms with E-state index >= 15 is 0 Å². The van der Waals surface area contributed by atoms with Gasteiger partial charge in [0.15, 0.2) is 0 Å². The second kappa shape index (κ2) is 4.17. The first kappa shape index (κ1) is 11.3. The Morgan fingerprint density at radius 2 is 2.00 bits per heavy atom. The van der Waals surface area contributed by atoms with Crippen LogP contribution in [0.25, 0.3) is 0 Å². The SMILES string of the molecule is CC(C)(C)NC(=O)N[C@@H]1CC[C@H](N)C1. The third-order valence-electron chi connectivity index (χ3n) is 2.30. The molecule has 0 radical (unpaired) electrons. The van der Waals surface area contributed by atoms with Crippen LogP contribution >= 0.6 is 0 Å². The van der Waals surface area contributed by atoms with Gasteiger partial charge >= 0.3 is 6.03 Å². The van der Waals surface area contributed by atoms with Crippen LogP contribution in [0.15, 0.2) is 0 Å². The minimum absolute atomic E-state index is 0.0865. The molecule has 4 heteroatoms. The lowest BCUT2D eigenvalue weighted by Gasteiger charge is -2.22. The summed E-state index contributed by atoms with van der Waals surface area (Å²) >= 11 is 0. The Kier molecular flexibility index (Phi) is 3.37. The summed E-state index contributed by atoms with van der Waals surface area (Å²) < 4.78 is 0. The van der Waals surface area contributed by atoms with E-state index in [1.807, 2.05) is 20.8 Å². The highest BCUT2D eigenvalue weighted by molar-refractivity contribution is 5.75. The maximum Gasteiger partial charge on any atom is 0.315 e. The van der Waals surface area contributed by atoms with E-state index in [9.17, 15) is 4.79 Å². The first-order chi connectivity index (χ1) is 6.37. The minimum atomic E-state index is -0.176. The van der Waals surface area contributed by atoms with Gasteiger partial charge in [-0.3, -0.25) is 0 Å². The van der Waals surface area contributed by atoms with Crippen LogP contribution in [0.4, 0.5) is 4.79 Å².